The van der Waals surface area contributed by atoms with Crippen LogP contribution in [0, 0.1) is 0 Å². The van der Waals surface area contributed by atoms with Crippen molar-refractivity contribution in [2.75, 3.05) is 0 Å². The number of fused-ring (bicyclic) bond motifs is 3. The standard InChI is InChI=1S/C15H22O7/c1-2-3-4-5-6-7-8-15-20-11(16)9-14(19,13(18)22-15)10-12(17)21-15/h19H,2-10H2,1H3. The lowest BCUT2D eigenvalue weighted by atomic mass is 9.96. The molecule has 0 aromatic rings. The van der Waals surface area contributed by atoms with E-state index >= 15 is 0 Å². The maximum absolute atomic E-state index is 12.0. The van der Waals surface area contributed by atoms with Crippen molar-refractivity contribution < 1.29 is 33.7 Å². The van der Waals surface area contributed by atoms with Crippen molar-refractivity contribution in [3.63, 3.8) is 0 Å². The summed E-state index contributed by atoms with van der Waals surface area (Å²) < 4.78 is 15.1. The molecule has 2 fully saturated rings. The number of ether oxygens (including phenoxy) is 3. The summed E-state index contributed by atoms with van der Waals surface area (Å²) in [7, 11) is 0. The number of unbranched alkanes of at least 4 members (excludes halogenated alkanes) is 5. The number of hydrogen-bond donors (Lipinski definition) is 1. The molecule has 2 heterocycles. The Balaban J connectivity index is 2.01. The van der Waals surface area contributed by atoms with Crippen molar-refractivity contribution in [2.24, 2.45) is 0 Å². The van der Waals surface area contributed by atoms with Crippen molar-refractivity contribution in [1.29, 1.82) is 0 Å². The third kappa shape index (κ3) is 3.76. The van der Waals surface area contributed by atoms with Crippen molar-refractivity contribution >= 4 is 17.9 Å². The molecule has 7 nitrogen and oxygen atoms in total. The molecule has 0 aromatic carbocycles. The number of rotatable bonds is 7. The summed E-state index contributed by atoms with van der Waals surface area (Å²) in [5.74, 6) is -4.69. The molecule has 124 valence electrons. The Hall–Kier alpha value is -1.63. The van der Waals surface area contributed by atoms with Crippen LogP contribution in [0.2, 0.25) is 0 Å². The van der Waals surface area contributed by atoms with Gasteiger partial charge in [0.15, 0.2) is 5.60 Å². The van der Waals surface area contributed by atoms with Crippen LogP contribution in [0.5, 0.6) is 0 Å². The highest BCUT2D eigenvalue weighted by Crippen LogP contribution is 2.36. The molecule has 7 heteroatoms. The minimum Gasteiger partial charge on any atom is -0.388 e. The van der Waals surface area contributed by atoms with Crippen molar-refractivity contribution in [3.05, 3.63) is 0 Å². The Labute approximate surface area is 128 Å². The van der Waals surface area contributed by atoms with Gasteiger partial charge in [0.25, 0.3) is 0 Å². The van der Waals surface area contributed by atoms with Gasteiger partial charge in [0.1, 0.15) is 0 Å². The fraction of sp³-hybridized carbons (Fsp3) is 0.800. The quantitative estimate of drug-likeness (QED) is 0.562. The van der Waals surface area contributed by atoms with E-state index in [1.54, 1.807) is 0 Å². The molecular weight excluding hydrogens is 292 g/mol. The summed E-state index contributed by atoms with van der Waals surface area (Å²) in [4.78, 5) is 35.4. The van der Waals surface area contributed by atoms with E-state index in [2.05, 4.69) is 6.92 Å². The van der Waals surface area contributed by atoms with Crippen LogP contribution >= 0.6 is 0 Å². The van der Waals surface area contributed by atoms with E-state index in [0.29, 0.717) is 6.42 Å². The van der Waals surface area contributed by atoms with Crippen molar-refractivity contribution in [2.45, 2.75) is 76.3 Å². The smallest absolute Gasteiger partial charge is 0.388 e. The normalized spacial score (nSPS) is 31.1. The summed E-state index contributed by atoms with van der Waals surface area (Å²) in [6.07, 6.45) is 4.70. The molecule has 2 aliphatic rings. The average Bonchev–Trinajstić information content (AvgIpc) is 2.54. The number of carbonyl (C=O) groups excluding carboxylic acids is 3. The SMILES string of the molecule is CCCCCCCCC12OC(=O)CC(O)(CC(=O)O1)C(=O)O2. The van der Waals surface area contributed by atoms with Gasteiger partial charge in [-0.2, -0.15) is 0 Å². The Morgan fingerprint density at radius 2 is 1.45 bits per heavy atom. The second-order valence-corrected chi connectivity index (χ2v) is 5.92. The summed E-state index contributed by atoms with van der Waals surface area (Å²) in [6, 6.07) is 0. The van der Waals surface area contributed by atoms with Gasteiger partial charge in [0.2, 0.25) is 0 Å². The van der Waals surface area contributed by atoms with Crippen molar-refractivity contribution in [1.82, 2.24) is 0 Å². The Morgan fingerprint density at radius 3 is 2.05 bits per heavy atom. The maximum Gasteiger partial charge on any atom is 0.423 e. The molecule has 0 unspecified atom stereocenters. The highest BCUT2D eigenvalue weighted by molar-refractivity contribution is 5.92. The first-order chi connectivity index (χ1) is 10.4. The van der Waals surface area contributed by atoms with Crippen LogP contribution in [0.3, 0.4) is 0 Å². The van der Waals surface area contributed by atoms with Crippen molar-refractivity contribution in [3.8, 4) is 0 Å². The summed E-state index contributed by atoms with van der Waals surface area (Å²) >= 11 is 0. The highest BCUT2D eigenvalue weighted by Gasteiger charge is 2.58. The Morgan fingerprint density at radius 1 is 0.909 bits per heavy atom. The summed E-state index contributed by atoms with van der Waals surface area (Å²) in [5, 5.41) is 10.1. The van der Waals surface area contributed by atoms with Crippen LogP contribution < -0.4 is 0 Å². The van der Waals surface area contributed by atoms with Gasteiger partial charge in [0, 0.05) is 0 Å². The van der Waals surface area contributed by atoms with Gasteiger partial charge in [-0.3, -0.25) is 9.59 Å². The third-order valence-corrected chi connectivity index (χ3v) is 3.88. The van der Waals surface area contributed by atoms with Gasteiger partial charge < -0.3 is 19.3 Å². The predicted octanol–water partition coefficient (Wildman–Crippen LogP) is 1.56. The van der Waals surface area contributed by atoms with Gasteiger partial charge in [-0.25, -0.2) is 4.79 Å². The lowest BCUT2D eigenvalue weighted by Gasteiger charge is -2.28. The first-order valence-electron chi connectivity index (χ1n) is 7.79. The molecule has 22 heavy (non-hydrogen) atoms. The zero-order valence-corrected chi connectivity index (χ0v) is 12.8. The number of hydrogen-bond acceptors (Lipinski definition) is 7. The molecule has 0 atom stereocenters. The molecule has 0 saturated carbocycles. The molecule has 0 spiro atoms. The third-order valence-electron chi connectivity index (χ3n) is 3.88. The van der Waals surface area contributed by atoms with Gasteiger partial charge in [-0.1, -0.05) is 39.0 Å². The monoisotopic (exact) mass is 314 g/mol. The molecule has 2 saturated heterocycles. The van der Waals surface area contributed by atoms with Gasteiger partial charge >= 0.3 is 23.9 Å². The molecular formula is C15H22O7. The second-order valence-electron chi connectivity index (χ2n) is 5.92. The van der Waals surface area contributed by atoms with Crippen LogP contribution in [0.1, 0.15) is 64.7 Å². The van der Waals surface area contributed by atoms with E-state index in [0.717, 1.165) is 32.1 Å². The van der Waals surface area contributed by atoms with E-state index in [1.807, 2.05) is 0 Å². The van der Waals surface area contributed by atoms with E-state index in [9.17, 15) is 19.5 Å². The number of aliphatic hydroxyl groups is 1. The van der Waals surface area contributed by atoms with E-state index in [4.69, 9.17) is 14.2 Å². The highest BCUT2D eigenvalue weighted by atomic mass is 16.9. The van der Waals surface area contributed by atoms with Gasteiger partial charge in [0.05, 0.1) is 19.3 Å². The number of esters is 3. The molecule has 0 aliphatic carbocycles. The molecule has 2 bridgehead atoms. The van der Waals surface area contributed by atoms with Crippen LogP contribution in [0.4, 0.5) is 0 Å². The topological polar surface area (TPSA) is 99.1 Å². The van der Waals surface area contributed by atoms with E-state index in [-0.39, 0.29) is 6.42 Å². The molecule has 0 aromatic heterocycles. The van der Waals surface area contributed by atoms with Crippen LogP contribution in [-0.4, -0.2) is 34.6 Å². The zero-order valence-electron chi connectivity index (χ0n) is 12.8. The lowest BCUT2D eigenvalue weighted by Crippen LogP contribution is -2.42. The Bertz CT molecular complexity index is 437. The van der Waals surface area contributed by atoms with Crippen LogP contribution in [0.15, 0.2) is 0 Å². The second kappa shape index (κ2) is 6.64. The minimum atomic E-state index is -2.19. The molecule has 0 amide bonds. The molecule has 0 radical (unpaired) electrons. The van der Waals surface area contributed by atoms with Gasteiger partial charge in [-0.15, -0.1) is 0 Å². The van der Waals surface area contributed by atoms with Gasteiger partial charge in [-0.05, 0) is 6.42 Å². The summed E-state index contributed by atoms with van der Waals surface area (Å²) in [5.41, 5.74) is -2.19. The largest absolute Gasteiger partial charge is 0.423 e. The molecule has 2 rings (SSSR count). The molecule has 2 aliphatic heterocycles. The fourth-order valence-electron chi connectivity index (χ4n) is 2.68. The average molecular weight is 314 g/mol. The zero-order chi connectivity index (χ0) is 16.2. The predicted molar refractivity (Wildman–Crippen MR) is 73.2 cm³/mol. The number of carbonyl (C=O) groups is 3. The van der Waals surface area contributed by atoms with Crippen LogP contribution in [0.25, 0.3) is 0 Å². The first kappa shape index (κ1) is 16.7. The van der Waals surface area contributed by atoms with Crippen LogP contribution in [-0.2, 0) is 28.6 Å². The minimum absolute atomic E-state index is 0.0818. The fourth-order valence-corrected chi connectivity index (χ4v) is 2.68. The molecule has 1 N–H and O–H groups in total. The summed E-state index contributed by atoms with van der Waals surface area (Å²) in [6.45, 7) is 2.12. The Kier molecular flexibility index (Phi) is 5.05. The van der Waals surface area contributed by atoms with E-state index in [1.165, 1.54) is 0 Å². The first-order valence-corrected chi connectivity index (χ1v) is 7.79. The lowest BCUT2D eigenvalue weighted by molar-refractivity contribution is -0.326. The maximum atomic E-state index is 12.0. The van der Waals surface area contributed by atoms with E-state index < -0.39 is 42.3 Å².